The molecule has 5 nitrogen and oxygen atoms in total. The maximum absolute atomic E-state index is 12.9. The van der Waals surface area contributed by atoms with Crippen molar-refractivity contribution in [1.29, 1.82) is 0 Å². The Bertz CT molecular complexity index is 728. The van der Waals surface area contributed by atoms with Gasteiger partial charge in [-0.2, -0.15) is 0 Å². The Morgan fingerprint density at radius 1 is 1.08 bits per heavy atom. The largest absolute Gasteiger partial charge is 0.495 e. The van der Waals surface area contributed by atoms with E-state index in [1.165, 1.54) is 32.4 Å². The van der Waals surface area contributed by atoms with Gasteiger partial charge in [0, 0.05) is 6.42 Å². The summed E-state index contributed by atoms with van der Waals surface area (Å²) in [6, 6.07) is 10.6. The minimum absolute atomic E-state index is 0.219. The summed E-state index contributed by atoms with van der Waals surface area (Å²) in [5, 5.41) is 2.72. The van der Waals surface area contributed by atoms with Crippen LogP contribution in [-0.2, 0) is 16.0 Å². The molecule has 0 heterocycles. The molecule has 1 amide bonds. The zero-order chi connectivity index (χ0) is 17.5. The maximum Gasteiger partial charge on any atom is 0.337 e. The fourth-order valence-electron chi connectivity index (χ4n) is 2.17. The van der Waals surface area contributed by atoms with Gasteiger partial charge in [0.15, 0.2) is 0 Å². The van der Waals surface area contributed by atoms with Crippen LogP contribution in [0.15, 0.2) is 42.5 Å². The predicted octanol–water partition coefficient (Wildman–Crippen LogP) is 3.19. The van der Waals surface area contributed by atoms with E-state index < -0.39 is 5.97 Å². The van der Waals surface area contributed by atoms with Crippen molar-refractivity contribution in [2.45, 2.75) is 12.8 Å². The van der Waals surface area contributed by atoms with E-state index in [1.807, 2.05) is 0 Å². The van der Waals surface area contributed by atoms with Gasteiger partial charge in [0.2, 0.25) is 5.91 Å². The highest BCUT2D eigenvalue weighted by Gasteiger charge is 2.12. The van der Waals surface area contributed by atoms with Gasteiger partial charge >= 0.3 is 5.97 Å². The van der Waals surface area contributed by atoms with Crippen molar-refractivity contribution in [2.75, 3.05) is 19.5 Å². The first kappa shape index (κ1) is 17.5. The van der Waals surface area contributed by atoms with Crippen LogP contribution >= 0.6 is 0 Å². The van der Waals surface area contributed by atoms with Gasteiger partial charge in [-0.1, -0.05) is 12.1 Å². The molecule has 0 fully saturated rings. The van der Waals surface area contributed by atoms with Crippen LogP contribution in [0.25, 0.3) is 0 Å². The van der Waals surface area contributed by atoms with E-state index in [0.29, 0.717) is 23.4 Å². The minimum atomic E-state index is -0.500. The van der Waals surface area contributed by atoms with Crippen LogP contribution in [0, 0.1) is 5.82 Å². The molecule has 0 radical (unpaired) electrons. The Hall–Kier alpha value is -2.89. The first-order valence-electron chi connectivity index (χ1n) is 7.34. The van der Waals surface area contributed by atoms with Crippen LogP contribution in [0.2, 0.25) is 0 Å². The van der Waals surface area contributed by atoms with Crippen LogP contribution in [0.3, 0.4) is 0 Å². The molecule has 0 bridgehead atoms. The number of benzene rings is 2. The average Bonchev–Trinajstić information content (AvgIpc) is 2.60. The molecule has 0 aliphatic heterocycles. The summed E-state index contributed by atoms with van der Waals surface area (Å²) in [7, 11) is 2.76. The number of aryl methyl sites for hydroxylation is 1. The van der Waals surface area contributed by atoms with Gasteiger partial charge in [-0.15, -0.1) is 0 Å². The van der Waals surface area contributed by atoms with Crippen LogP contribution in [-0.4, -0.2) is 26.1 Å². The molecule has 0 unspecified atom stereocenters. The molecule has 0 spiro atoms. The Labute approximate surface area is 139 Å². The summed E-state index contributed by atoms with van der Waals surface area (Å²) in [5.74, 6) is -0.607. The van der Waals surface area contributed by atoms with Gasteiger partial charge in [-0.05, 0) is 42.3 Å². The SMILES string of the molecule is COC(=O)c1ccc(OC)c(NC(=O)CCc2ccc(F)cc2)c1. The zero-order valence-corrected chi connectivity index (χ0v) is 13.5. The number of esters is 1. The Morgan fingerprint density at radius 3 is 2.42 bits per heavy atom. The summed E-state index contributed by atoms with van der Waals surface area (Å²) in [6.07, 6.45) is 0.697. The second-order valence-electron chi connectivity index (χ2n) is 5.08. The predicted molar refractivity (Wildman–Crippen MR) is 87.7 cm³/mol. The van der Waals surface area contributed by atoms with Gasteiger partial charge in [0.05, 0.1) is 25.5 Å². The number of carbonyl (C=O) groups excluding carboxylic acids is 2. The number of methoxy groups -OCH3 is 2. The fourth-order valence-corrected chi connectivity index (χ4v) is 2.17. The number of nitrogens with one attached hydrogen (secondary N) is 1. The van der Waals surface area contributed by atoms with Crippen molar-refractivity contribution in [2.24, 2.45) is 0 Å². The van der Waals surface area contributed by atoms with Crippen molar-refractivity contribution >= 4 is 17.6 Å². The lowest BCUT2D eigenvalue weighted by Gasteiger charge is -2.11. The van der Waals surface area contributed by atoms with E-state index in [1.54, 1.807) is 24.3 Å². The van der Waals surface area contributed by atoms with Crippen molar-refractivity contribution in [3.8, 4) is 5.75 Å². The highest BCUT2D eigenvalue weighted by Crippen LogP contribution is 2.26. The number of carbonyl (C=O) groups is 2. The third-order valence-corrected chi connectivity index (χ3v) is 3.45. The quantitative estimate of drug-likeness (QED) is 0.826. The van der Waals surface area contributed by atoms with E-state index in [0.717, 1.165) is 5.56 Å². The molecule has 0 aromatic heterocycles. The molecule has 0 aliphatic carbocycles. The maximum atomic E-state index is 12.9. The van der Waals surface area contributed by atoms with Gasteiger partial charge < -0.3 is 14.8 Å². The van der Waals surface area contributed by atoms with Gasteiger partial charge in [0.1, 0.15) is 11.6 Å². The number of hydrogen-bond acceptors (Lipinski definition) is 4. The molecule has 2 aromatic carbocycles. The molecule has 0 atom stereocenters. The molecule has 0 saturated carbocycles. The normalized spacial score (nSPS) is 10.1. The topological polar surface area (TPSA) is 64.6 Å². The van der Waals surface area contributed by atoms with E-state index in [4.69, 9.17) is 4.74 Å². The van der Waals surface area contributed by atoms with Crippen molar-refractivity contribution in [3.05, 3.63) is 59.4 Å². The molecule has 2 rings (SSSR count). The summed E-state index contributed by atoms with van der Waals surface area (Å²) >= 11 is 0. The Morgan fingerprint density at radius 2 is 1.79 bits per heavy atom. The number of halogens is 1. The van der Waals surface area contributed by atoms with Crippen LogP contribution in [0.4, 0.5) is 10.1 Å². The van der Waals surface area contributed by atoms with Crippen LogP contribution in [0.5, 0.6) is 5.75 Å². The van der Waals surface area contributed by atoms with Crippen LogP contribution < -0.4 is 10.1 Å². The lowest BCUT2D eigenvalue weighted by Crippen LogP contribution is -2.14. The average molecular weight is 331 g/mol. The van der Waals surface area contributed by atoms with Gasteiger partial charge in [-0.3, -0.25) is 4.79 Å². The number of rotatable bonds is 6. The third-order valence-electron chi connectivity index (χ3n) is 3.45. The minimum Gasteiger partial charge on any atom is -0.495 e. The van der Waals surface area contributed by atoms with E-state index in [9.17, 15) is 14.0 Å². The molecular formula is C18H18FNO4. The van der Waals surface area contributed by atoms with Crippen molar-refractivity contribution in [3.63, 3.8) is 0 Å². The summed E-state index contributed by atoms with van der Waals surface area (Å²) in [4.78, 5) is 23.7. The van der Waals surface area contributed by atoms with Gasteiger partial charge in [-0.25, -0.2) is 9.18 Å². The first-order chi connectivity index (χ1) is 11.5. The van der Waals surface area contributed by atoms with Gasteiger partial charge in [0.25, 0.3) is 0 Å². The second kappa shape index (κ2) is 8.10. The smallest absolute Gasteiger partial charge is 0.337 e. The Kier molecular flexibility index (Phi) is 5.89. The standard InChI is InChI=1S/C18H18FNO4/c1-23-16-9-6-13(18(22)24-2)11-15(16)20-17(21)10-5-12-3-7-14(19)8-4-12/h3-4,6-9,11H,5,10H2,1-2H3,(H,20,21). The highest BCUT2D eigenvalue weighted by molar-refractivity contribution is 5.96. The summed E-state index contributed by atoms with van der Waals surface area (Å²) < 4.78 is 22.7. The molecule has 2 aromatic rings. The lowest BCUT2D eigenvalue weighted by atomic mass is 10.1. The van der Waals surface area contributed by atoms with E-state index in [-0.39, 0.29) is 18.1 Å². The van der Waals surface area contributed by atoms with E-state index in [2.05, 4.69) is 10.1 Å². The molecule has 0 aliphatic rings. The summed E-state index contributed by atoms with van der Waals surface area (Å²) in [5.41, 5.74) is 1.57. The van der Waals surface area contributed by atoms with Crippen molar-refractivity contribution in [1.82, 2.24) is 0 Å². The number of ether oxygens (including phenoxy) is 2. The Balaban J connectivity index is 2.04. The summed E-state index contributed by atoms with van der Waals surface area (Å²) in [6.45, 7) is 0. The molecule has 1 N–H and O–H groups in total. The highest BCUT2D eigenvalue weighted by atomic mass is 19.1. The molecular weight excluding hydrogens is 313 g/mol. The first-order valence-corrected chi connectivity index (χ1v) is 7.34. The molecule has 24 heavy (non-hydrogen) atoms. The third kappa shape index (κ3) is 4.55. The zero-order valence-electron chi connectivity index (χ0n) is 13.5. The molecule has 0 saturated heterocycles. The molecule has 6 heteroatoms. The second-order valence-corrected chi connectivity index (χ2v) is 5.08. The molecule has 126 valence electrons. The number of amides is 1. The monoisotopic (exact) mass is 331 g/mol. The number of hydrogen-bond donors (Lipinski definition) is 1. The van der Waals surface area contributed by atoms with Crippen LogP contribution in [0.1, 0.15) is 22.3 Å². The number of anilines is 1. The van der Waals surface area contributed by atoms with Crippen molar-refractivity contribution < 1.29 is 23.5 Å². The lowest BCUT2D eigenvalue weighted by molar-refractivity contribution is -0.116. The fraction of sp³-hybridized carbons (Fsp3) is 0.222. The van der Waals surface area contributed by atoms with E-state index >= 15 is 0 Å².